The number of aromatic nitrogens is 1. The van der Waals surface area contributed by atoms with Crippen LogP contribution in [-0.2, 0) is 13.1 Å². The van der Waals surface area contributed by atoms with Crippen molar-refractivity contribution in [1.82, 2.24) is 10.3 Å². The van der Waals surface area contributed by atoms with Gasteiger partial charge in [-0.3, -0.25) is 4.98 Å². The molecule has 0 saturated carbocycles. The van der Waals surface area contributed by atoms with Gasteiger partial charge in [0.15, 0.2) is 0 Å². The molecule has 0 spiro atoms. The third kappa shape index (κ3) is 1.03. The lowest BCUT2D eigenvalue weighted by atomic mass is 10.1. The van der Waals surface area contributed by atoms with Crippen LogP contribution in [0.25, 0.3) is 0 Å². The summed E-state index contributed by atoms with van der Waals surface area (Å²) in [4.78, 5) is 4.39. The molecule has 1 radical (unpaired) electrons. The number of aryl methyl sites for hydroxylation is 1. The van der Waals surface area contributed by atoms with Gasteiger partial charge in [0, 0.05) is 6.54 Å². The quantitative estimate of drug-likeness (QED) is 0.601. The maximum atomic E-state index is 6.06. The van der Waals surface area contributed by atoms with Crippen molar-refractivity contribution in [1.29, 1.82) is 0 Å². The number of fused-ring (bicyclic) bond motifs is 1. The molecule has 0 amide bonds. The number of hydrogen-bond donors (Lipinski definition) is 0. The zero-order valence-electron chi connectivity index (χ0n) is 7.19. The fourth-order valence-corrected chi connectivity index (χ4v) is 1.71. The average Bonchev–Trinajstić information content (AvgIpc) is 2.48. The number of halogens is 1. The monoisotopic (exact) mass is 181 g/mol. The number of rotatable bonds is 0. The first-order valence-corrected chi connectivity index (χ1v) is 4.35. The van der Waals surface area contributed by atoms with E-state index in [1.807, 2.05) is 13.8 Å². The van der Waals surface area contributed by atoms with Crippen molar-refractivity contribution in [2.75, 3.05) is 0 Å². The highest BCUT2D eigenvalue weighted by Gasteiger charge is 2.18. The van der Waals surface area contributed by atoms with Gasteiger partial charge in [0.2, 0.25) is 0 Å². The van der Waals surface area contributed by atoms with Crippen LogP contribution in [0.1, 0.15) is 22.5 Å². The summed E-state index contributed by atoms with van der Waals surface area (Å²) in [5.74, 6) is 0. The minimum atomic E-state index is 0.758. The molecule has 12 heavy (non-hydrogen) atoms. The van der Waals surface area contributed by atoms with Crippen molar-refractivity contribution < 1.29 is 0 Å². The molecule has 0 bridgehead atoms. The molecule has 1 aliphatic heterocycles. The van der Waals surface area contributed by atoms with Crippen LogP contribution >= 0.6 is 11.6 Å². The van der Waals surface area contributed by atoms with E-state index in [0.29, 0.717) is 0 Å². The lowest BCUT2D eigenvalue weighted by Crippen LogP contribution is -1.96. The standard InChI is InChI=1S/C9H10ClN2/c1-5-7-3-11-4-8(7)12-6(2)9(5)10/h3-4H2,1-2H3. The van der Waals surface area contributed by atoms with Crippen LogP contribution in [0.4, 0.5) is 0 Å². The minimum absolute atomic E-state index is 0.758. The van der Waals surface area contributed by atoms with Crippen LogP contribution < -0.4 is 5.32 Å². The van der Waals surface area contributed by atoms with Crippen molar-refractivity contribution in [2.24, 2.45) is 0 Å². The van der Waals surface area contributed by atoms with Crippen molar-refractivity contribution in [2.45, 2.75) is 26.9 Å². The summed E-state index contributed by atoms with van der Waals surface area (Å²) in [6.45, 7) is 5.52. The molecule has 0 atom stereocenters. The van der Waals surface area contributed by atoms with Crippen LogP contribution in [0.5, 0.6) is 0 Å². The minimum Gasteiger partial charge on any atom is -0.255 e. The molecule has 63 valence electrons. The second kappa shape index (κ2) is 2.71. The van der Waals surface area contributed by atoms with E-state index < -0.39 is 0 Å². The largest absolute Gasteiger partial charge is 0.255 e. The Balaban J connectivity index is 2.67. The van der Waals surface area contributed by atoms with Gasteiger partial charge in [0.25, 0.3) is 0 Å². The molecule has 2 rings (SSSR count). The fraction of sp³-hybridized carbons (Fsp3) is 0.444. The number of nitrogens with zero attached hydrogens (tertiary/aromatic N) is 2. The molecule has 0 unspecified atom stereocenters. The summed E-state index contributed by atoms with van der Waals surface area (Å²) in [5, 5.41) is 5.07. The van der Waals surface area contributed by atoms with E-state index in [1.54, 1.807) is 0 Å². The van der Waals surface area contributed by atoms with Gasteiger partial charge < -0.3 is 0 Å². The molecule has 2 heterocycles. The van der Waals surface area contributed by atoms with Crippen LogP contribution in [0.2, 0.25) is 5.02 Å². The second-order valence-electron chi connectivity index (χ2n) is 3.10. The summed E-state index contributed by atoms with van der Waals surface area (Å²) in [7, 11) is 0. The normalized spacial score (nSPS) is 14.9. The highest BCUT2D eigenvalue weighted by Crippen LogP contribution is 2.27. The summed E-state index contributed by atoms with van der Waals surface area (Å²) in [5.41, 5.74) is 4.41. The lowest BCUT2D eigenvalue weighted by Gasteiger charge is -2.06. The van der Waals surface area contributed by atoms with Crippen molar-refractivity contribution in [3.05, 3.63) is 27.5 Å². The van der Waals surface area contributed by atoms with E-state index in [2.05, 4.69) is 10.3 Å². The van der Waals surface area contributed by atoms with Crippen LogP contribution in [-0.4, -0.2) is 4.98 Å². The van der Waals surface area contributed by atoms with E-state index in [9.17, 15) is 0 Å². The Labute approximate surface area is 77.0 Å². The van der Waals surface area contributed by atoms with Gasteiger partial charge in [-0.25, -0.2) is 5.32 Å². The molecule has 0 aliphatic carbocycles. The van der Waals surface area contributed by atoms with Gasteiger partial charge in [0.1, 0.15) is 0 Å². The van der Waals surface area contributed by atoms with Crippen LogP contribution in [0, 0.1) is 13.8 Å². The zero-order chi connectivity index (χ0) is 8.72. The Morgan fingerprint density at radius 2 is 2.00 bits per heavy atom. The Morgan fingerprint density at radius 1 is 1.25 bits per heavy atom. The van der Waals surface area contributed by atoms with Gasteiger partial charge in [-0.15, -0.1) is 0 Å². The van der Waals surface area contributed by atoms with Crippen LogP contribution in [0.15, 0.2) is 0 Å². The van der Waals surface area contributed by atoms with Crippen LogP contribution in [0.3, 0.4) is 0 Å². The number of hydrogen-bond acceptors (Lipinski definition) is 1. The molecule has 0 N–H and O–H groups in total. The first-order chi connectivity index (χ1) is 5.70. The van der Waals surface area contributed by atoms with Crippen molar-refractivity contribution in [3.8, 4) is 0 Å². The molecule has 1 aromatic heterocycles. The molecule has 1 aromatic rings. The van der Waals surface area contributed by atoms with E-state index in [1.165, 1.54) is 5.56 Å². The smallest absolute Gasteiger partial charge is 0.0651 e. The molecule has 0 aromatic carbocycles. The van der Waals surface area contributed by atoms with E-state index in [0.717, 1.165) is 35.1 Å². The molecule has 1 aliphatic rings. The molecule has 3 heteroatoms. The van der Waals surface area contributed by atoms with E-state index >= 15 is 0 Å². The van der Waals surface area contributed by atoms with Gasteiger partial charge >= 0.3 is 0 Å². The maximum Gasteiger partial charge on any atom is 0.0651 e. The Bertz CT molecular complexity index is 334. The van der Waals surface area contributed by atoms with E-state index in [-0.39, 0.29) is 0 Å². The fourth-order valence-electron chi connectivity index (χ4n) is 1.55. The van der Waals surface area contributed by atoms with Gasteiger partial charge in [0.05, 0.1) is 23.0 Å². The maximum absolute atomic E-state index is 6.06. The zero-order valence-corrected chi connectivity index (χ0v) is 7.94. The number of pyridine rings is 1. The lowest BCUT2D eigenvalue weighted by molar-refractivity contribution is 0.738. The van der Waals surface area contributed by atoms with Gasteiger partial charge in [-0.1, -0.05) is 11.6 Å². The molecular weight excluding hydrogens is 172 g/mol. The predicted molar refractivity (Wildman–Crippen MR) is 48.3 cm³/mol. The average molecular weight is 182 g/mol. The summed E-state index contributed by atoms with van der Waals surface area (Å²) in [6, 6.07) is 0. The predicted octanol–water partition coefficient (Wildman–Crippen LogP) is 1.97. The summed E-state index contributed by atoms with van der Waals surface area (Å²) < 4.78 is 0. The van der Waals surface area contributed by atoms with Gasteiger partial charge in [-0.2, -0.15) is 0 Å². The Morgan fingerprint density at radius 3 is 2.75 bits per heavy atom. The molecule has 0 saturated heterocycles. The summed E-state index contributed by atoms with van der Waals surface area (Å²) >= 11 is 6.06. The first-order valence-electron chi connectivity index (χ1n) is 3.98. The summed E-state index contributed by atoms with van der Waals surface area (Å²) in [6.07, 6.45) is 0. The third-order valence-electron chi connectivity index (χ3n) is 2.28. The second-order valence-corrected chi connectivity index (χ2v) is 3.48. The molecule has 0 fully saturated rings. The van der Waals surface area contributed by atoms with Gasteiger partial charge in [-0.05, 0) is 25.0 Å². The Kier molecular flexibility index (Phi) is 1.81. The SMILES string of the molecule is Cc1nc2c(c(C)c1Cl)C[N]C2. The third-order valence-corrected chi connectivity index (χ3v) is 2.84. The highest BCUT2D eigenvalue weighted by molar-refractivity contribution is 6.32. The first kappa shape index (κ1) is 8.02. The molecule has 2 nitrogen and oxygen atoms in total. The van der Waals surface area contributed by atoms with Crippen molar-refractivity contribution in [3.63, 3.8) is 0 Å². The Hall–Kier alpha value is -0.600. The van der Waals surface area contributed by atoms with E-state index in [4.69, 9.17) is 11.6 Å². The highest BCUT2D eigenvalue weighted by atomic mass is 35.5. The topological polar surface area (TPSA) is 27.0 Å². The van der Waals surface area contributed by atoms with Crippen molar-refractivity contribution >= 4 is 11.6 Å². The molecular formula is C9H10ClN2.